The summed E-state index contributed by atoms with van der Waals surface area (Å²) in [5.41, 5.74) is 0.187. The highest BCUT2D eigenvalue weighted by Crippen LogP contribution is 2.38. The minimum Gasteiger partial charge on any atom is -0.396 e. The molecule has 3 rings (SSSR count). The topological polar surface area (TPSA) is 41.5 Å². The van der Waals surface area contributed by atoms with Gasteiger partial charge in [0.25, 0.3) is 0 Å². The molecule has 2 saturated heterocycles. The van der Waals surface area contributed by atoms with Crippen LogP contribution in [-0.2, 0) is 4.74 Å². The second-order valence-electron chi connectivity index (χ2n) is 6.57. The summed E-state index contributed by atoms with van der Waals surface area (Å²) in [6.45, 7) is 2.39. The number of hydrogen-bond acceptors (Lipinski definition) is 4. The predicted molar refractivity (Wildman–Crippen MR) is 79.6 cm³/mol. The summed E-state index contributed by atoms with van der Waals surface area (Å²) in [6, 6.07) is 0.632. The Hall–Kier alpha value is 0.230. The molecule has 2 aliphatic heterocycles. The van der Waals surface area contributed by atoms with Crippen LogP contribution in [0.25, 0.3) is 0 Å². The second-order valence-corrected chi connectivity index (χ2v) is 7.67. The van der Waals surface area contributed by atoms with Crippen molar-refractivity contribution in [1.29, 1.82) is 0 Å². The van der Waals surface area contributed by atoms with Crippen molar-refractivity contribution >= 4 is 11.8 Å². The van der Waals surface area contributed by atoms with Crippen molar-refractivity contribution in [3.63, 3.8) is 0 Å². The Balaban J connectivity index is 1.47. The molecule has 4 unspecified atom stereocenters. The van der Waals surface area contributed by atoms with E-state index in [1.807, 2.05) is 11.8 Å². The van der Waals surface area contributed by atoms with E-state index in [1.165, 1.54) is 43.6 Å². The Kier molecular flexibility index (Phi) is 4.73. The Bertz CT molecular complexity index is 294. The molecule has 0 amide bonds. The lowest BCUT2D eigenvalue weighted by atomic mass is 9.89. The number of rotatable bonds is 4. The van der Waals surface area contributed by atoms with Crippen LogP contribution in [0.4, 0.5) is 0 Å². The molecule has 0 bridgehead atoms. The molecule has 0 aromatic heterocycles. The summed E-state index contributed by atoms with van der Waals surface area (Å²) in [4.78, 5) is 0. The fourth-order valence-electron chi connectivity index (χ4n) is 4.01. The van der Waals surface area contributed by atoms with Gasteiger partial charge in [-0.25, -0.2) is 0 Å². The highest BCUT2D eigenvalue weighted by atomic mass is 32.2. The zero-order chi connectivity index (χ0) is 13.1. The Morgan fingerprint density at radius 2 is 2.16 bits per heavy atom. The average molecular weight is 285 g/mol. The van der Waals surface area contributed by atoms with E-state index in [4.69, 9.17) is 4.74 Å². The third kappa shape index (κ3) is 3.29. The lowest BCUT2D eigenvalue weighted by molar-refractivity contribution is -0.0706. The molecule has 3 nitrogen and oxygen atoms in total. The van der Waals surface area contributed by atoms with E-state index in [2.05, 4.69) is 5.32 Å². The molecule has 1 saturated carbocycles. The van der Waals surface area contributed by atoms with E-state index < -0.39 is 0 Å². The zero-order valence-corrected chi connectivity index (χ0v) is 12.6. The Labute approximate surface area is 120 Å². The molecule has 0 aromatic rings. The quantitative estimate of drug-likeness (QED) is 0.829. The van der Waals surface area contributed by atoms with Gasteiger partial charge in [-0.05, 0) is 56.2 Å². The molecule has 0 radical (unpaired) electrons. The maximum atomic E-state index is 9.39. The van der Waals surface area contributed by atoms with Crippen LogP contribution in [0.2, 0.25) is 0 Å². The van der Waals surface area contributed by atoms with Gasteiger partial charge >= 0.3 is 0 Å². The van der Waals surface area contributed by atoms with Gasteiger partial charge in [-0.15, -0.1) is 0 Å². The van der Waals surface area contributed by atoms with Crippen LogP contribution in [0.15, 0.2) is 0 Å². The summed E-state index contributed by atoms with van der Waals surface area (Å²) < 4.78 is 6.07. The molecule has 4 heteroatoms. The van der Waals surface area contributed by atoms with Crippen molar-refractivity contribution in [1.82, 2.24) is 5.32 Å². The summed E-state index contributed by atoms with van der Waals surface area (Å²) in [5.74, 6) is 3.69. The highest BCUT2D eigenvalue weighted by Gasteiger charge is 2.40. The molecule has 3 fully saturated rings. The SMILES string of the molecule is OCC1CCCC1CNC1CCOC2(CCSC2)C1. The van der Waals surface area contributed by atoms with Crippen molar-refractivity contribution in [3.8, 4) is 0 Å². The highest BCUT2D eigenvalue weighted by molar-refractivity contribution is 7.99. The molecule has 110 valence electrons. The van der Waals surface area contributed by atoms with E-state index in [0.29, 0.717) is 24.5 Å². The van der Waals surface area contributed by atoms with Crippen LogP contribution in [0.1, 0.15) is 38.5 Å². The minimum atomic E-state index is 0.187. The Morgan fingerprint density at radius 1 is 1.26 bits per heavy atom. The van der Waals surface area contributed by atoms with Gasteiger partial charge in [0.15, 0.2) is 0 Å². The van der Waals surface area contributed by atoms with E-state index in [0.717, 1.165) is 19.6 Å². The minimum absolute atomic E-state index is 0.187. The molecular weight excluding hydrogens is 258 g/mol. The third-order valence-electron chi connectivity index (χ3n) is 5.28. The average Bonchev–Trinajstić information content (AvgIpc) is 3.06. The summed E-state index contributed by atoms with van der Waals surface area (Å²) >= 11 is 2.04. The maximum absolute atomic E-state index is 9.39. The zero-order valence-electron chi connectivity index (χ0n) is 11.8. The summed E-state index contributed by atoms with van der Waals surface area (Å²) in [5, 5.41) is 13.2. The molecule has 2 heterocycles. The summed E-state index contributed by atoms with van der Waals surface area (Å²) in [7, 11) is 0. The standard InChI is InChI=1S/C15H27NO2S/c17-10-13-3-1-2-12(13)9-16-14-4-6-18-15(8-14)5-7-19-11-15/h12-14,16-17H,1-11H2. The van der Waals surface area contributed by atoms with Crippen molar-refractivity contribution in [3.05, 3.63) is 0 Å². The van der Waals surface area contributed by atoms with Crippen LogP contribution < -0.4 is 5.32 Å². The van der Waals surface area contributed by atoms with Crippen LogP contribution >= 0.6 is 11.8 Å². The van der Waals surface area contributed by atoms with Crippen LogP contribution in [0, 0.1) is 11.8 Å². The number of thioether (sulfide) groups is 1. The predicted octanol–water partition coefficient (Wildman–Crippen LogP) is 2.04. The molecule has 1 aliphatic carbocycles. The molecule has 0 aromatic carbocycles. The monoisotopic (exact) mass is 285 g/mol. The first-order valence-corrected chi connectivity index (χ1v) is 9.03. The van der Waals surface area contributed by atoms with Crippen molar-refractivity contribution < 1.29 is 9.84 Å². The fraction of sp³-hybridized carbons (Fsp3) is 1.00. The number of nitrogens with one attached hydrogen (secondary N) is 1. The number of aliphatic hydroxyl groups excluding tert-OH is 1. The first-order chi connectivity index (χ1) is 9.31. The van der Waals surface area contributed by atoms with Gasteiger partial charge in [0.05, 0.1) is 5.60 Å². The van der Waals surface area contributed by atoms with E-state index >= 15 is 0 Å². The second kappa shape index (κ2) is 6.33. The van der Waals surface area contributed by atoms with Gasteiger partial charge in [0.1, 0.15) is 0 Å². The number of aliphatic hydroxyl groups is 1. The fourth-order valence-corrected chi connectivity index (χ4v) is 5.38. The van der Waals surface area contributed by atoms with Crippen LogP contribution in [0.5, 0.6) is 0 Å². The van der Waals surface area contributed by atoms with Gasteiger partial charge in [0.2, 0.25) is 0 Å². The Morgan fingerprint density at radius 3 is 2.95 bits per heavy atom. The normalized spacial score (nSPS) is 43.1. The van der Waals surface area contributed by atoms with Crippen molar-refractivity contribution in [2.45, 2.75) is 50.2 Å². The molecule has 19 heavy (non-hydrogen) atoms. The van der Waals surface area contributed by atoms with Gasteiger partial charge in [-0.2, -0.15) is 11.8 Å². The van der Waals surface area contributed by atoms with E-state index in [1.54, 1.807) is 0 Å². The van der Waals surface area contributed by atoms with Gasteiger partial charge in [0, 0.05) is 25.0 Å². The number of ether oxygens (including phenoxy) is 1. The van der Waals surface area contributed by atoms with Gasteiger partial charge < -0.3 is 15.2 Å². The van der Waals surface area contributed by atoms with E-state index in [-0.39, 0.29) is 5.60 Å². The first-order valence-electron chi connectivity index (χ1n) is 7.87. The maximum Gasteiger partial charge on any atom is 0.0795 e. The molecular formula is C15H27NO2S. The third-order valence-corrected chi connectivity index (χ3v) is 6.50. The van der Waals surface area contributed by atoms with Crippen molar-refractivity contribution in [2.75, 3.05) is 31.3 Å². The lowest BCUT2D eigenvalue weighted by Crippen LogP contribution is -2.48. The van der Waals surface area contributed by atoms with Gasteiger partial charge in [-0.3, -0.25) is 0 Å². The number of hydrogen-bond donors (Lipinski definition) is 2. The smallest absolute Gasteiger partial charge is 0.0795 e. The molecule has 4 atom stereocenters. The molecule has 1 spiro atoms. The lowest BCUT2D eigenvalue weighted by Gasteiger charge is -2.38. The first kappa shape index (κ1) is 14.2. The van der Waals surface area contributed by atoms with Crippen LogP contribution in [-0.4, -0.2) is 48.0 Å². The van der Waals surface area contributed by atoms with Crippen LogP contribution in [0.3, 0.4) is 0 Å². The van der Waals surface area contributed by atoms with E-state index in [9.17, 15) is 5.11 Å². The van der Waals surface area contributed by atoms with Gasteiger partial charge in [-0.1, -0.05) is 6.42 Å². The summed E-state index contributed by atoms with van der Waals surface area (Å²) in [6.07, 6.45) is 7.39. The van der Waals surface area contributed by atoms with Crippen molar-refractivity contribution in [2.24, 2.45) is 11.8 Å². The largest absolute Gasteiger partial charge is 0.396 e. The molecule has 2 N–H and O–H groups in total. The molecule has 3 aliphatic rings.